The Kier molecular flexibility index (Phi) is 5.95. The van der Waals surface area contributed by atoms with Gasteiger partial charge in [-0.05, 0) is 65.4 Å². The van der Waals surface area contributed by atoms with Crippen molar-refractivity contribution < 1.29 is 14.6 Å². The van der Waals surface area contributed by atoms with Crippen molar-refractivity contribution in [3.63, 3.8) is 0 Å². The molecule has 0 aliphatic heterocycles. The van der Waals surface area contributed by atoms with Gasteiger partial charge < -0.3 is 20.5 Å². The van der Waals surface area contributed by atoms with E-state index in [0.717, 1.165) is 10.2 Å². The van der Waals surface area contributed by atoms with Crippen LogP contribution in [0.15, 0.2) is 46.9 Å². The van der Waals surface area contributed by atoms with E-state index in [4.69, 9.17) is 17.0 Å². The molecule has 0 fully saturated rings. The number of benzene rings is 2. The van der Waals surface area contributed by atoms with Gasteiger partial charge >= 0.3 is 5.97 Å². The largest absolute Gasteiger partial charge is 0.506 e. The Bertz CT molecular complexity index is 737. The van der Waals surface area contributed by atoms with Gasteiger partial charge in [-0.25, -0.2) is 4.79 Å². The monoisotopic (exact) mass is 394 g/mol. The van der Waals surface area contributed by atoms with Crippen LogP contribution < -0.4 is 10.6 Å². The summed E-state index contributed by atoms with van der Waals surface area (Å²) in [5, 5.41) is 16.1. The van der Waals surface area contributed by atoms with E-state index >= 15 is 0 Å². The van der Waals surface area contributed by atoms with Crippen molar-refractivity contribution >= 4 is 50.6 Å². The molecule has 0 aliphatic rings. The third kappa shape index (κ3) is 4.67. The van der Waals surface area contributed by atoms with Crippen LogP contribution in [0.4, 0.5) is 11.4 Å². The van der Waals surface area contributed by atoms with Crippen molar-refractivity contribution in [2.75, 3.05) is 17.2 Å². The van der Waals surface area contributed by atoms with Crippen LogP contribution in [0.5, 0.6) is 5.75 Å². The quantitative estimate of drug-likeness (QED) is 0.411. The minimum atomic E-state index is -0.458. The highest BCUT2D eigenvalue weighted by Crippen LogP contribution is 2.26. The molecule has 120 valence electrons. The number of carbonyl (C=O) groups is 1. The summed E-state index contributed by atoms with van der Waals surface area (Å²) < 4.78 is 5.79. The molecular formula is C16H15BrN2O3S. The number of halogens is 1. The molecule has 2 aromatic carbocycles. The topological polar surface area (TPSA) is 70.6 Å². The van der Waals surface area contributed by atoms with Crippen molar-refractivity contribution in [1.29, 1.82) is 0 Å². The second-order valence-corrected chi connectivity index (χ2v) is 5.77. The van der Waals surface area contributed by atoms with Crippen molar-refractivity contribution in [3.8, 4) is 5.75 Å². The Labute approximate surface area is 147 Å². The highest BCUT2D eigenvalue weighted by molar-refractivity contribution is 9.10. The van der Waals surface area contributed by atoms with Crippen LogP contribution >= 0.6 is 28.1 Å². The molecule has 0 radical (unpaired) electrons. The molecule has 3 N–H and O–H groups in total. The van der Waals surface area contributed by atoms with Crippen LogP contribution in [0.2, 0.25) is 0 Å². The molecule has 23 heavy (non-hydrogen) atoms. The molecule has 2 aromatic rings. The first kappa shape index (κ1) is 17.2. The fourth-order valence-corrected chi connectivity index (χ4v) is 2.42. The van der Waals surface area contributed by atoms with Gasteiger partial charge in [-0.15, -0.1) is 0 Å². The lowest BCUT2D eigenvalue weighted by Gasteiger charge is -2.13. The molecule has 7 heteroatoms. The summed E-state index contributed by atoms with van der Waals surface area (Å²) in [6.07, 6.45) is 0. The predicted molar refractivity (Wildman–Crippen MR) is 98.0 cm³/mol. The molecule has 0 atom stereocenters. The summed E-state index contributed by atoms with van der Waals surface area (Å²) in [5.74, 6) is -0.477. The number of ether oxygens (including phenoxy) is 1. The van der Waals surface area contributed by atoms with Crippen molar-refractivity contribution in [1.82, 2.24) is 0 Å². The Balaban J connectivity index is 2.13. The van der Waals surface area contributed by atoms with E-state index in [2.05, 4.69) is 26.6 Å². The van der Waals surface area contributed by atoms with Crippen LogP contribution in [0.3, 0.4) is 0 Å². The third-order valence-corrected chi connectivity index (χ3v) is 3.77. The number of aromatic hydroxyl groups is 1. The Hall–Kier alpha value is -2.12. The second-order valence-electron chi connectivity index (χ2n) is 4.51. The number of phenols is 1. The van der Waals surface area contributed by atoms with Gasteiger partial charge in [0.1, 0.15) is 5.75 Å². The number of anilines is 2. The molecular weight excluding hydrogens is 380 g/mol. The van der Waals surface area contributed by atoms with E-state index < -0.39 is 5.97 Å². The van der Waals surface area contributed by atoms with Crippen molar-refractivity contribution in [2.45, 2.75) is 6.92 Å². The maximum atomic E-state index is 11.7. The van der Waals surface area contributed by atoms with Gasteiger partial charge in [0.2, 0.25) is 0 Å². The average molecular weight is 395 g/mol. The van der Waals surface area contributed by atoms with Crippen LogP contribution in [0.1, 0.15) is 17.3 Å². The van der Waals surface area contributed by atoms with Gasteiger partial charge in [0, 0.05) is 4.47 Å². The summed E-state index contributed by atoms with van der Waals surface area (Å²) in [4.78, 5) is 11.7. The van der Waals surface area contributed by atoms with Crippen LogP contribution in [-0.2, 0) is 4.74 Å². The van der Waals surface area contributed by atoms with Crippen LogP contribution in [0.25, 0.3) is 0 Å². The van der Waals surface area contributed by atoms with Crippen LogP contribution in [0, 0.1) is 0 Å². The molecule has 0 aromatic heterocycles. The zero-order valence-corrected chi connectivity index (χ0v) is 14.7. The number of nitrogens with one attached hydrogen (secondary N) is 2. The smallest absolute Gasteiger partial charge is 0.338 e. The number of thiocarbonyl (C=S) groups is 1. The number of carbonyl (C=O) groups excluding carboxylic acids is 1. The summed E-state index contributed by atoms with van der Waals surface area (Å²) in [6.45, 7) is 2.01. The zero-order valence-electron chi connectivity index (χ0n) is 12.3. The third-order valence-electron chi connectivity index (χ3n) is 2.88. The zero-order chi connectivity index (χ0) is 16.8. The fourth-order valence-electron chi connectivity index (χ4n) is 1.82. The van der Waals surface area contributed by atoms with Gasteiger partial charge in [0.05, 0.1) is 23.5 Å². The molecule has 0 heterocycles. The second kappa shape index (κ2) is 7.94. The summed E-state index contributed by atoms with van der Waals surface area (Å²) in [5.41, 5.74) is 1.43. The normalized spacial score (nSPS) is 10.0. The van der Waals surface area contributed by atoms with Crippen molar-refractivity contribution in [2.24, 2.45) is 0 Å². The van der Waals surface area contributed by atoms with Gasteiger partial charge in [-0.3, -0.25) is 0 Å². The average Bonchev–Trinajstić information content (AvgIpc) is 2.52. The van der Waals surface area contributed by atoms with E-state index in [9.17, 15) is 9.90 Å². The lowest BCUT2D eigenvalue weighted by molar-refractivity contribution is 0.0526. The number of rotatable bonds is 4. The lowest BCUT2D eigenvalue weighted by Crippen LogP contribution is -2.19. The summed E-state index contributed by atoms with van der Waals surface area (Å²) >= 11 is 8.64. The molecule has 0 amide bonds. The van der Waals surface area contributed by atoms with Gasteiger partial charge in [-0.1, -0.05) is 12.1 Å². The molecule has 5 nitrogen and oxygen atoms in total. The van der Waals surface area contributed by atoms with E-state index in [0.29, 0.717) is 11.3 Å². The Morgan fingerprint density at radius 3 is 2.61 bits per heavy atom. The first-order valence-electron chi connectivity index (χ1n) is 6.84. The Morgan fingerprint density at radius 1 is 1.22 bits per heavy atom. The predicted octanol–water partition coefficient (Wildman–Crippen LogP) is 4.14. The van der Waals surface area contributed by atoms with Crippen LogP contribution in [-0.4, -0.2) is 22.8 Å². The number of esters is 1. The SMILES string of the molecule is CCOC(=O)c1ccc(O)c(NC(=S)Nc2ccccc2Br)c1. The number of hydrogen-bond acceptors (Lipinski definition) is 4. The number of hydrogen-bond donors (Lipinski definition) is 3. The molecule has 0 aliphatic carbocycles. The van der Waals surface area contributed by atoms with Gasteiger partial charge in [0.15, 0.2) is 5.11 Å². The number of para-hydroxylation sites is 1. The van der Waals surface area contributed by atoms with Crippen molar-refractivity contribution in [3.05, 3.63) is 52.5 Å². The maximum absolute atomic E-state index is 11.7. The van der Waals surface area contributed by atoms with Gasteiger partial charge in [0.25, 0.3) is 0 Å². The van der Waals surface area contributed by atoms with E-state index in [1.54, 1.807) is 6.92 Å². The standard InChI is InChI=1S/C16H15BrN2O3S/c1-2-22-15(21)10-7-8-14(20)13(9-10)19-16(23)18-12-6-4-3-5-11(12)17/h3-9,20H,2H2,1H3,(H2,18,19,23). The lowest BCUT2D eigenvalue weighted by atomic mass is 10.2. The molecule has 2 rings (SSSR count). The highest BCUT2D eigenvalue weighted by Gasteiger charge is 2.11. The summed E-state index contributed by atoms with van der Waals surface area (Å²) in [6, 6.07) is 11.9. The molecule has 0 saturated carbocycles. The van der Waals surface area contributed by atoms with Gasteiger partial charge in [-0.2, -0.15) is 0 Å². The fraction of sp³-hybridized carbons (Fsp3) is 0.125. The molecule has 0 unspecified atom stereocenters. The first-order chi connectivity index (χ1) is 11.0. The minimum Gasteiger partial charge on any atom is -0.506 e. The maximum Gasteiger partial charge on any atom is 0.338 e. The molecule has 0 bridgehead atoms. The molecule has 0 spiro atoms. The molecule has 0 saturated heterocycles. The van der Waals surface area contributed by atoms with E-state index in [1.165, 1.54) is 18.2 Å². The van der Waals surface area contributed by atoms with E-state index in [1.807, 2.05) is 24.3 Å². The Morgan fingerprint density at radius 2 is 1.91 bits per heavy atom. The minimum absolute atomic E-state index is 0.0191. The highest BCUT2D eigenvalue weighted by atomic mass is 79.9. The first-order valence-corrected chi connectivity index (χ1v) is 8.04. The summed E-state index contributed by atoms with van der Waals surface area (Å²) in [7, 11) is 0. The number of phenolic OH excluding ortho intramolecular Hbond substituents is 1. The van der Waals surface area contributed by atoms with E-state index in [-0.39, 0.29) is 17.5 Å².